The topological polar surface area (TPSA) is 117 Å². The number of nitrogens with zero attached hydrogens (tertiary/aromatic N) is 3. The van der Waals surface area contributed by atoms with Crippen molar-refractivity contribution < 1.29 is 19.6 Å². The van der Waals surface area contributed by atoms with E-state index in [1.54, 1.807) is 26.1 Å². The molecule has 1 aliphatic rings. The highest BCUT2D eigenvalue weighted by molar-refractivity contribution is 7.80. The van der Waals surface area contributed by atoms with Crippen molar-refractivity contribution >= 4 is 41.8 Å². The van der Waals surface area contributed by atoms with Crippen molar-refractivity contribution in [2.45, 2.75) is 30.8 Å². The first-order chi connectivity index (χ1) is 18.6. The Morgan fingerprint density at radius 3 is 2.56 bits per heavy atom. The minimum absolute atomic E-state index is 0.160. The molecule has 204 valence electrons. The molecule has 1 heterocycles. The number of anilines is 2. The van der Waals surface area contributed by atoms with E-state index >= 15 is 0 Å². The van der Waals surface area contributed by atoms with E-state index in [1.807, 2.05) is 30.3 Å². The van der Waals surface area contributed by atoms with Crippen LogP contribution in [0.15, 0.2) is 70.6 Å². The average Bonchev–Trinajstić information content (AvgIpc) is 2.92. The molecule has 1 aliphatic heterocycles. The van der Waals surface area contributed by atoms with Gasteiger partial charge >= 0.3 is 0 Å². The Balaban J connectivity index is 1.67. The van der Waals surface area contributed by atoms with Crippen LogP contribution >= 0.6 is 12.6 Å². The van der Waals surface area contributed by atoms with Crippen molar-refractivity contribution in [1.82, 2.24) is 0 Å². The molecule has 3 aromatic rings. The molecule has 0 radical (unpaired) electrons. The summed E-state index contributed by atoms with van der Waals surface area (Å²) in [5, 5.41) is 24.1. The van der Waals surface area contributed by atoms with Crippen molar-refractivity contribution in [3.05, 3.63) is 81.9 Å². The summed E-state index contributed by atoms with van der Waals surface area (Å²) in [4.78, 5) is 31.2. The van der Waals surface area contributed by atoms with Gasteiger partial charge in [-0.1, -0.05) is 18.2 Å². The summed E-state index contributed by atoms with van der Waals surface area (Å²) in [6, 6.07) is 17.3. The van der Waals surface area contributed by atoms with Gasteiger partial charge in [0, 0.05) is 70.9 Å². The summed E-state index contributed by atoms with van der Waals surface area (Å²) in [6.07, 6.45) is 2.16. The van der Waals surface area contributed by atoms with Gasteiger partial charge in [-0.15, -0.1) is 12.6 Å². The van der Waals surface area contributed by atoms with Gasteiger partial charge in [0.25, 0.3) is 11.6 Å². The van der Waals surface area contributed by atoms with Crippen LogP contribution in [-0.2, 0) is 4.74 Å². The molecule has 1 amide bonds. The van der Waals surface area contributed by atoms with Gasteiger partial charge in [-0.25, -0.2) is 0 Å². The second kappa shape index (κ2) is 12.4. The fourth-order valence-corrected chi connectivity index (χ4v) is 4.43. The number of aliphatic imine (C=N–C) groups is 1. The maximum Gasteiger partial charge on any atom is 0.270 e. The van der Waals surface area contributed by atoms with Crippen LogP contribution in [0.4, 0.5) is 17.1 Å². The van der Waals surface area contributed by atoms with Crippen molar-refractivity contribution in [3.63, 3.8) is 0 Å². The lowest BCUT2D eigenvalue weighted by molar-refractivity contribution is -0.384. The van der Waals surface area contributed by atoms with Gasteiger partial charge < -0.3 is 20.1 Å². The summed E-state index contributed by atoms with van der Waals surface area (Å²) >= 11 is 4.67. The first kappa shape index (κ1) is 28.3. The summed E-state index contributed by atoms with van der Waals surface area (Å²) in [7, 11) is 0. The number of aliphatic hydroxyl groups is 1. The molecule has 3 aromatic carbocycles. The fourth-order valence-electron chi connectivity index (χ4n) is 4.18. The molecule has 0 unspecified atom stereocenters. The molecular formula is C29H32N4O5S. The van der Waals surface area contributed by atoms with Gasteiger partial charge in [0.1, 0.15) is 0 Å². The number of hydrogen-bond donors (Lipinski definition) is 3. The molecule has 9 nitrogen and oxygen atoms in total. The van der Waals surface area contributed by atoms with Crippen LogP contribution in [0, 0.1) is 10.1 Å². The molecule has 0 aromatic heterocycles. The number of nitro groups is 1. The standard InChI is InChI=1S/C29H32N4O5S/c1-29(2,35)10-11-30-19-22-17-26(31-28(34)21-4-3-5-24(16-21)33(36)37)25(18-27(22)39)20-6-8-23(9-7-20)32-12-14-38-15-13-32/h3-9,16-19,35,39H,10-15H2,1-2H3,(H,31,34). The molecule has 0 bridgehead atoms. The van der Waals surface area contributed by atoms with Gasteiger partial charge in [-0.3, -0.25) is 19.9 Å². The molecule has 0 spiro atoms. The molecule has 10 heteroatoms. The number of hydrogen-bond acceptors (Lipinski definition) is 8. The Kier molecular flexibility index (Phi) is 9.01. The number of ether oxygens (including phenoxy) is 1. The van der Waals surface area contributed by atoms with Crippen molar-refractivity contribution in [1.29, 1.82) is 0 Å². The highest BCUT2D eigenvalue weighted by Crippen LogP contribution is 2.34. The Hall–Kier alpha value is -3.73. The molecule has 2 N–H and O–H groups in total. The Bertz CT molecular complexity index is 1360. The van der Waals surface area contributed by atoms with Crippen LogP contribution in [-0.4, -0.2) is 60.6 Å². The predicted molar refractivity (Wildman–Crippen MR) is 157 cm³/mol. The second-order valence-corrected chi connectivity index (χ2v) is 10.4. The highest BCUT2D eigenvalue weighted by Gasteiger charge is 2.17. The number of amides is 1. The molecule has 0 saturated carbocycles. The first-order valence-corrected chi connectivity index (χ1v) is 13.1. The van der Waals surface area contributed by atoms with E-state index in [4.69, 9.17) is 4.74 Å². The normalized spacial score (nSPS) is 14.0. The monoisotopic (exact) mass is 548 g/mol. The van der Waals surface area contributed by atoms with E-state index in [1.165, 1.54) is 24.3 Å². The van der Waals surface area contributed by atoms with Gasteiger partial charge in [0.2, 0.25) is 0 Å². The number of carbonyl (C=O) groups excluding carboxylic acids is 1. The molecule has 1 fully saturated rings. The van der Waals surface area contributed by atoms with E-state index in [2.05, 4.69) is 27.8 Å². The third-order valence-electron chi connectivity index (χ3n) is 6.37. The number of benzene rings is 3. The van der Waals surface area contributed by atoms with E-state index in [-0.39, 0.29) is 11.3 Å². The van der Waals surface area contributed by atoms with Gasteiger partial charge in [0.05, 0.1) is 23.7 Å². The first-order valence-electron chi connectivity index (χ1n) is 12.7. The molecule has 0 atom stereocenters. The van der Waals surface area contributed by atoms with Crippen molar-refractivity contribution in [2.75, 3.05) is 43.1 Å². The molecule has 4 rings (SSSR count). The van der Waals surface area contributed by atoms with Crippen LogP contribution in [0.3, 0.4) is 0 Å². The minimum Gasteiger partial charge on any atom is -0.390 e. The number of carbonyl (C=O) groups is 1. The maximum absolute atomic E-state index is 13.2. The SMILES string of the molecule is CC(C)(O)CCN=Cc1cc(NC(=O)c2cccc([N+](=O)[O-])c2)c(-c2ccc(N3CCOCC3)cc2)cc1S. The van der Waals surface area contributed by atoms with Gasteiger partial charge in [0.15, 0.2) is 0 Å². The second-order valence-electron chi connectivity index (χ2n) is 9.96. The zero-order valence-corrected chi connectivity index (χ0v) is 22.9. The third kappa shape index (κ3) is 7.66. The average molecular weight is 549 g/mol. The molecular weight excluding hydrogens is 516 g/mol. The molecule has 39 heavy (non-hydrogen) atoms. The number of morpholine rings is 1. The Morgan fingerprint density at radius 2 is 1.90 bits per heavy atom. The Morgan fingerprint density at radius 1 is 1.18 bits per heavy atom. The van der Waals surface area contributed by atoms with Crippen LogP contribution in [0.25, 0.3) is 11.1 Å². The summed E-state index contributed by atoms with van der Waals surface area (Å²) in [5.74, 6) is -0.471. The molecule has 1 saturated heterocycles. The van der Waals surface area contributed by atoms with Crippen LogP contribution in [0.2, 0.25) is 0 Å². The zero-order valence-electron chi connectivity index (χ0n) is 22.0. The number of nitrogens with one attached hydrogen (secondary N) is 1. The van der Waals surface area contributed by atoms with E-state index < -0.39 is 16.4 Å². The fraction of sp³-hybridized carbons (Fsp3) is 0.310. The smallest absolute Gasteiger partial charge is 0.270 e. The number of rotatable bonds is 9. The van der Waals surface area contributed by atoms with Crippen LogP contribution < -0.4 is 10.2 Å². The van der Waals surface area contributed by atoms with Gasteiger partial charge in [-0.05, 0) is 56.2 Å². The number of non-ortho nitro benzene ring substituents is 1. The van der Waals surface area contributed by atoms with Crippen molar-refractivity contribution in [2.24, 2.45) is 4.99 Å². The van der Waals surface area contributed by atoms with E-state index in [9.17, 15) is 20.0 Å². The highest BCUT2D eigenvalue weighted by atomic mass is 32.1. The quantitative estimate of drug-likeness (QED) is 0.146. The maximum atomic E-state index is 13.2. The largest absolute Gasteiger partial charge is 0.390 e. The summed E-state index contributed by atoms with van der Waals surface area (Å²) < 4.78 is 5.45. The predicted octanol–water partition coefficient (Wildman–Crippen LogP) is 5.22. The third-order valence-corrected chi connectivity index (χ3v) is 6.76. The summed E-state index contributed by atoms with van der Waals surface area (Å²) in [5.41, 5.74) is 3.12. The van der Waals surface area contributed by atoms with E-state index in [0.717, 1.165) is 29.9 Å². The van der Waals surface area contributed by atoms with Crippen LogP contribution in [0.1, 0.15) is 36.2 Å². The van der Waals surface area contributed by atoms with Crippen LogP contribution in [0.5, 0.6) is 0 Å². The lowest BCUT2D eigenvalue weighted by Gasteiger charge is -2.29. The van der Waals surface area contributed by atoms with Crippen molar-refractivity contribution in [3.8, 4) is 11.1 Å². The Labute approximate surface area is 233 Å². The lowest BCUT2D eigenvalue weighted by Crippen LogP contribution is -2.36. The van der Waals surface area contributed by atoms with E-state index in [0.29, 0.717) is 42.3 Å². The molecule has 0 aliphatic carbocycles. The number of nitro benzene ring substituents is 1. The summed E-state index contributed by atoms with van der Waals surface area (Å²) in [6.45, 7) is 6.92. The van der Waals surface area contributed by atoms with Gasteiger partial charge in [-0.2, -0.15) is 0 Å². The lowest BCUT2D eigenvalue weighted by atomic mass is 10.0. The minimum atomic E-state index is -0.824. The zero-order chi connectivity index (χ0) is 28.0. The number of thiol groups is 1.